The van der Waals surface area contributed by atoms with Crippen molar-refractivity contribution in [2.24, 2.45) is 0 Å². The molecule has 0 saturated heterocycles. The molecule has 0 aliphatic rings. The standard InChI is InChI=1S/C42H26N6O/c1-5-14-27(15-6-1)37-43-38(28-16-7-2-8-17-28)46-41(45-37)31-24-25-35-34(26-31)32-22-13-23-33(36(32)49-35)42-47-39(29-18-9-3-10-19-29)44-40(48-42)30-20-11-4-12-21-30/h1-26H. The van der Waals surface area contributed by atoms with Gasteiger partial charge in [-0.15, -0.1) is 0 Å². The number of benzene rings is 6. The van der Waals surface area contributed by atoms with E-state index in [-0.39, 0.29) is 0 Å². The lowest BCUT2D eigenvalue weighted by Gasteiger charge is -2.08. The number of aromatic nitrogens is 6. The minimum absolute atomic E-state index is 0.537. The van der Waals surface area contributed by atoms with Crippen molar-refractivity contribution in [2.45, 2.75) is 0 Å². The molecule has 7 nitrogen and oxygen atoms in total. The van der Waals surface area contributed by atoms with E-state index in [0.717, 1.165) is 49.7 Å². The van der Waals surface area contributed by atoms with Crippen LogP contribution in [0.15, 0.2) is 162 Å². The lowest BCUT2D eigenvalue weighted by atomic mass is 10.1. The van der Waals surface area contributed by atoms with Gasteiger partial charge in [-0.25, -0.2) is 29.9 Å². The number of hydrogen-bond donors (Lipinski definition) is 0. The van der Waals surface area contributed by atoms with Gasteiger partial charge in [0, 0.05) is 38.6 Å². The first-order valence-corrected chi connectivity index (χ1v) is 16.0. The maximum Gasteiger partial charge on any atom is 0.167 e. The second kappa shape index (κ2) is 12.1. The SMILES string of the molecule is c1ccc(-c2nc(-c3ccccc3)nc(-c3ccc4oc5c(-c6nc(-c7ccccc7)nc(-c7ccccc7)n6)cccc5c4c3)n2)cc1. The molecule has 7 heteroatoms. The minimum atomic E-state index is 0.537. The third-order valence-electron chi connectivity index (χ3n) is 8.39. The third-order valence-corrected chi connectivity index (χ3v) is 8.39. The van der Waals surface area contributed by atoms with Gasteiger partial charge in [-0.3, -0.25) is 0 Å². The molecule has 49 heavy (non-hydrogen) atoms. The molecule has 0 bridgehead atoms. The molecule has 0 fully saturated rings. The molecule has 6 aromatic carbocycles. The van der Waals surface area contributed by atoms with Crippen LogP contribution in [0.3, 0.4) is 0 Å². The molecule has 0 unspecified atom stereocenters. The molecule has 0 saturated carbocycles. The molecular formula is C42H26N6O. The van der Waals surface area contributed by atoms with Crippen molar-refractivity contribution >= 4 is 21.9 Å². The molecule has 230 valence electrons. The van der Waals surface area contributed by atoms with Gasteiger partial charge in [0.1, 0.15) is 11.2 Å². The van der Waals surface area contributed by atoms with Crippen LogP contribution >= 0.6 is 0 Å². The van der Waals surface area contributed by atoms with E-state index in [1.54, 1.807) is 0 Å². The fourth-order valence-electron chi connectivity index (χ4n) is 5.98. The van der Waals surface area contributed by atoms with E-state index >= 15 is 0 Å². The molecule has 0 atom stereocenters. The summed E-state index contributed by atoms with van der Waals surface area (Å²) in [4.78, 5) is 29.5. The Balaban J connectivity index is 1.20. The Kier molecular flexibility index (Phi) is 6.98. The summed E-state index contributed by atoms with van der Waals surface area (Å²) < 4.78 is 6.55. The Morgan fingerprint density at radius 2 is 0.714 bits per heavy atom. The summed E-state index contributed by atoms with van der Waals surface area (Å²) in [6.07, 6.45) is 0. The van der Waals surface area contributed by atoms with Gasteiger partial charge in [0.2, 0.25) is 0 Å². The lowest BCUT2D eigenvalue weighted by Crippen LogP contribution is -2.00. The third kappa shape index (κ3) is 5.39. The van der Waals surface area contributed by atoms with Gasteiger partial charge in [0.15, 0.2) is 34.9 Å². The van der Waals surface area contributed by atoms with Crippen molar-refractivity contribution in [1.82, 2.24) is 29.9 Å². The van der Waals surface area contributed by atoms with Gasteiger partial charge in [-0.1, -0.05) is 133 Å². The number of fused-ring (bicyclic) bond motifs is 3. The summed E-state index contributed by atoms with van der Waals surface area (Å²) in [7, 11) is 0. The smallest absolute Gasteiger partial charge is 0.167 e. The van der Waals surface area contributed by atoms with Crippen molar-refractivity contribution in [3.05, 3.63) is 158 Å². The zero-order chi connectivity index (χ0) is 32.6. The molecule has 0 aliphatic heterocycles. The van der Waals surface area contributed by atoms with Crippen LogP contribution in [0.1, 0.15) is 0 Å². The average Bonchev–Trinajstić information content (AvgIpc) is 3.57. The first-order chi connectivity index (χ1) is 24.3. The van der Waals surface area contributed by atoms with E-state index < -0.39 is 0 Å². The number of rotatable bonds is 6. The van der Waals surface area contributed by atoms with Gasteiger partial charge in [0.25, 0.3) is 0 Å². The molecular weight excluding hydrogens is 605 g/mol. The fraction of sp³-hybridized carbons (Fsp3) is 0. The van der Waals surface area contributed by atoms with Crippen LogP contribution in [0.5, 0.6) is 0 Å². The molecule has 0 aliphatic carbocycles. The Hall–Kier alpha value is -6.86. The average molecular weight is 631 g/mol. The van der Waals surface area contributed by atoms with E-state index in [2.05, 4.69) is 12.1 Å². The zero-order valence-electron chi connectivity index (χ0n) is 26.1. The van der Waals surface area contributed by atoms with E-state index in [1.807, 2.05) is 146 Å². The second-order valence-corrected chi connectivity index (χ2v) is 11.6. The highest BCUT2D eigenvalue weighted by molar-refractivity contribution is 6.10. The van der Waals surface area contributed by atoms with Crippen LogP contribution in [0, 0.1) is 0 Å². The molecule has 9 aromatic rings. The minimum Gasteiger partial charge on any atom is -0.455 e. The van der Waals surface area contributed by atoms with Gasteiger partial charge < -0.3 is 4.42 Å². The molecule has 3 heterocycles. The van der Waals surface area contributed by atoms with E-state index in [0.29, 0.717) is 40.5 Å². The Bertz CT molecular complexity index is 2470. The summed E-state index contributed by atoms with van der Waals surface area (Å²) >= 11 is 0. The fourth-order valence-corrected chi connectivity index (χ4v) is 5.98. The number of hydrogen-bond acceptors (Lipinski definition) is 7. The monoisotopic (exact) mass is 630 g/mol. The van der Waals surface area contributed by atoms with Crippen molar-refractivity contribution in [3.63, 3.8) is 0 Å². The molecule has 9 rings (SSSR count). The zero-order valence-corrected chi connectivity index (χ0v) is 26.1. The van der Waals surface area contributed by atoms with Gasteiger partial charge in [-0.2, -0.15) is 0 Å². The first kappa shape index (κ1) is 28.4. The van der Waals surface area contributed by atoms with Gasteiger partial charge in [-0.05, 0) is 24.3 Å². The Labute approximate surface area is 281 Å². The van der Waals surface area contributed by atoms with Crippen molar-refractivity contribution in [1.29, 1.82) is 0 Å². The van der Waals surface area contributed by atoms with Gasteiger partial charge >= 0.3 is 0 Å². The predicted molar refractivity (Wildman–Crippen MR) is 193 cm³/mol. The summed E-state index contributed by atoms with van der Waals surface area (Å²) in [5.41, 5.74) is 6.74. The molecule has 0 radical (unpaired) electrons. The van der Waals surface area contributed by atoms with Crippen LogP contribution in [0.4, 0.5) is 0 Å². The van der Waals surface area contributed by atoms with Crippen molar-refractivity contribution in [3.8, 4) is 68.3 Å². The summed E-state index contributed by atoms with van der Waals surface area (Å²) in [5, 5.41) is 1.89. The quantitative estimate of drug-likeness (QED) is 0.181. The number of furan rings is 1. The Morgan fingerprint density at radius 1 is 0.306 bits per heavy atom. The molecule has 0 amide bonds. The van der Waals surface area contributed by atoms with Crippen LogP contribution in [-0.4, -0.2) is 29.9 Å². The van der Waals surface area contributed by atoms with Crippen molar-refractivity contribution in [2.75, 3.05) is 0 Å². The highest BCUT2D eigenvalue weighted by Gasteiger charge is 2.19. The maximum absolute atomic E-state index is 6.55. The van der Waals surface area contributed by atoms with E-state index in [1.165, 1.54) is 0 Å². The predicted octanol–water partition coefficient (Wildman–Crippen LogP) is 9.96. The molecule has 0 spiro atoms. The van der Waals surface area contributed by atoms with Crippen LogP contribution in [0.2, 0.25) is 0 Å². The van der Waals surface area contributed by atoms with Crippen LogP contribution in [0.25, 0.3) is 90.3 Å². The van der Waals surface area contributed by atoms with Crippen molar-refractivity contribution < 1.29 is 4.42 Å². The summed E-state index contributed by atoms with van der Waals surface area (Å²) in [6.45, 7) is 0. The highest BCUT2D eigenvalue weighted by atomic mass is 16.3. The first-order valence-electron chi connectivity index (χ1n) is 16.0. The second-order valence-electron chi connectivity index (χ2n) is 11.6. The van der Waals surface area contributed by atoms with E-state index in [4.69, 9.17) is 34.3 Å². The summed E-state index contributed by atoms with van der Waals surface area (Å²) in [6, 6.07) is 52.0. The number of nitrogens with zero attached hydrogens (tertiary/aromatic N) is 6. The normalized spacial score (nSPS) is 11.3. The van der Waals surface area contributed by atoms with Crippen LogP contribution in [-0.2, 0) is 0 Å². The topological polar surface area (TPSA) is 90.5 Å². The van der Waals surface area contributed by atoms with Crippen LogP contribution < -0.4 is 0 Å². The highest BCUT2D eigenvalue weighted by Crippen LogP contribution is 2.37. The Morgan fingerprint density at radius 3 is 1.16 bits per heavy atom. The van der Waals surface area contributed by atoms with E-state index in [9.17, 15) is 0 Å². The maximum atomic E-state index is 6.55. The van der Waals surface area contributed by atoms with Gasteiger partial charge in [0.05, 0.1) is 5.56 Å². The lowest BCUT2D eigenvalue weighted by molar-refractivity contribution is 0.669. The largest absolute Gasteiger partial charge is 0.455 e. The number of para-hydroxylation sites is 1. The molecule has 0 N–H and O–H groups in total. The molecule has 3 aromatic heterocycles. The summed E-state index contributed by atoms with van der Waals surface area (Å²) in [5.74, 6) is 3.54.